The number of methoxy groups -OCH3 is 1. The van der Waals surface area contributed by atoms with Gasteiger partial charge in [-0.3, -0.25) is 4.79 Å². The van der Waals surface area contributed by atoms with E-state index in [1.54, 1.807) is 48.7 Å². The molecular formula is C25H22FNO5. The Hall–Kier alpha value is -3.84. The molecular weight excluding hydrogens is 413 g/mol. The molecule has 7 heteroatoms. The summed E-state index contributed by atoms with van der Waals surface area (Å²) in [6.45, 7) is 0.234. The van der Waals surface area contributed by atoms with Gasteiger partial charge in [0.2, 0.25) is 0 Å². The molecule has 0 spiro atoms. The second-order valence-electron chi connectivity index (χ2n) is 7.30. The fourth-order valence-electron chi connectivity index (χ4n) is 3.64. The van der Waals surface area contributed by atoms with Crippen LogP contribution < -0.4 is 15.2 Å². The number of hydrogen-bond acceptors (Lipinski definition) is 5. The summed E-state index contributed by atoms with van der Waals surface area (Å²) in [6.07, 6.45) is 1.37. The second kappa shape index (κ2) is 9.11. The minimum atomic E-state index is -0.961. The number of carbonyl (C=O) groups is 1. The third-order valence-corrected chi connectivity index (χ3v) is 5.21. The van der Waals surface area contributed by atoms with Crippen molar-refractivity contribution in [1.29, 1.82) is 0 Å². The van der Waals surface area contributed by atoms with E-state index < -0.39 is 5.97 Å². The highest BCUT2D eigenvalue weighted by Crippen LogP contribution is 2.34. The molecule has 0 amide bonds. The Kier molecular flexibility index (Phi) is 6.09. The molecule has 0 saturated carbocycles. The number of fused-ring (bicyclic) bond motifs is 1. The normalized spacial score (nSPS) is 11.0. The molecule has 0 aliphatic heterocycles. The number of carboxylic acid groups (broad SMARTS) is 1. The van der Waals surface area contributed by atoms with Crippen molar-refractivity contribution >= 4 is 16.9 Å². The van der Waals surface area contributed by atoms with Crippen molar-refractivity contribution in [3.63, 3.8) is 0 Å². The number of carboxylic acids is 1. The number of rotatable bonds is 8. The molecule has 0 atom stereocenters. The minimum absolute atomic E-state index is 0.0893. The average molecular weight is 435 g/mol. The van der Waals surface area contributed by atoms with Gasteiger partial charge in [-0.2, -0.15) is 0 Å². The molecule has 4 rings (SSSR count). The van der Waals surface area contributed by atoms with E-state index in [0.717, 1.165) is 10.9 Å². The SMILES string of the molecule is COc1ccc(CC(=O)O)c(OCc2cc(-c3cccc(CN)c3F)c3occc3c2)c1. The van der Waals surface area contributed by atoms with Crippen LogP contribution in [0.4, 0.5) is 4.39 Å². The van der Waals surface area contributed by atoms with E-state index in [0.29, 0.717) is 39.3 Å². The lowest BCUT2D eigenvalue weighted by molar-refractivity contribution is -0.136. The number of hydrogen-bond donors (Lipinski definition) is 2. The maximum absolute atomic E-state index is 15.0. The van der Waals surface area contributed by atoms with Crippen LogP contribution in [-0.4, -0.2) is 18.2 Å². The number of nitrogens with two attached hydrogens (primary N) is 1. The van der Waals surface area contributed by atoms with Crippen molar-refractivity contribution in [2.45, 2.75) is 19.6 Å². The zero-order valence-electron chi connectivity index (χ0n) is 17.4. The van der Waals surface area contributed by atoms with Crippen LogP contribution in [-0.2, 0) is 24.4 Å². The number of halogens is 1. The quantitative estimate of drug-likeness (QED) is 0.408. The molecule has 164 valence electrons. The third kappa shape index (κ3) is 4.29. The molecule has 0 saturated heterocycles. The molecule has 0 bridgehead atoms. The van der Waals surface area contributed by atoms with Gasteiger partial charge in [-0.15, -0.1) is 0 Å². The maximum Gasteiger partial charge on any atom is 0.307 e. The van der Waals surface area contributed by atoms with Gasteiger partial charge in [0, 0.05) is 40.3 Å². The predicted octanol–water partition coefficient (Wildman–Crippen LogP) is 4.91. The summed E-state index contributed by atoms with van der Waals surface area (Å²) in [5.41, 5.74) is 8.94. The predicted molar refractivity (Wildman–Crippen MR) is 118 cm³/mol. The van der Waals surface area contributed by atoms with Crippen LogP contribution in [0.15, 0.2) is 65.3 Å². The van der Waals surface area contributed by atoms with E-state index >= 15 is 4.39 Å². The number of aliphatic carboxylic acids is 1. The second-order valence-corrected chi connectivity index (χ2v) is 7.30. The first kappa shape index (κ1) is 21.4. The van der Waals surface area contributed by atoms with Gasteiger partial charge in [-0.1, -0.05) is 24.3 Å². The van der Waals surface area contributed by atoms with Gasteiger partial charge in [-0.25, -0.2) is 4.39 Å². The Morgan fingerprint density at radius 2 is 1.94 bits per heavy atom. The molecule has 3 N–H and O–H groups in total. The van der Waals surface area contributed by atoms with E-state index in [-0.39, 0.29) is 25.4 Å². The van der Waals surface area contributed by atoms with Crippen molar-refractivity contribution in [3.8, 4) is 22.6 Å². The summed E-state index contributed by atoms with van der Waals surface area (Å²) in [5, 5.41) is 9.99. The average Bonchev–Trinajstić information content (AvgIpc) is 3.26. The lowest BCUT2D eigenvalue weighted by Crippen LogP contribution is -2.05. The van der Waals surface area contributed by atoms with Gasteiger partial charge in [0.25, 0.3) is 0 Å². The Morgan fingerprint density at radius 3 is 2.69 bits per heavy atom. The van der Waals surface area contributed by atoms with E-state index in [2.05, 4.69) is 0 Å². The molecule has 4 aromatic rings. The zero-order valence-corrected chi connectivity index (χ0v) is 17.4. The van der Waals surface area contributed by atoms with Crippen molar-refractivity contribution in [2.24, 2.45) is 5.73 Å². The number of furan rings is 1. The highest BCUT2D eigenvalue weighted by atomic mass is 19.1. The fourth-order valence-corrected chi connectivity index (χ4v) is 3.64. The summed E-state index contributed by atoms with van der Waals surface area (Å²) in [4.78, 5) is 11.2. The van der Waals surface area contributed by atoms with Crippen molar-refractivity contribution in [3.05, 3.63) is 83.4 Å². The Balaban J connectivity index is 1.71. The first-order valence-corrected chi connectivity index (χ1v) is 9.99. The van der Waals surface area contributed by atoms with Crippen LogP contribution in [0.3, 0.4) is 0 Å². The van der Waals surface area contributed by atoms with Gasteiger partial charge in [0.05, 0.1) is 19.8 Å². The highest BCUT2D eigenvalue weighted by molar-refractivity contribution is 5.93. The zero-order chi connectivity index (χ0) is 22.7. The van der Waals surface area contributed by atoms with Gasteiger partial charge < -0.3 is 24.7 Å². The molecule has 3 aromatic carbocycles. The van der Waals surface area contributed by atoms with Gasteiger partial charge in [0.1, 0.15) is 29.5 Å². The molecule has 0 fully saturated rings. The number of benzene rings is 3. The Labute approximate surface area is 184 Å². The summed E-state index contributed by atoms with van der Waals surface area (Å²) in [7, 11) is 1.53. The van der Waals surface area contributed by atoms with Gasteiger partial charge in [0.15, 0.2) is 0 Å². The summed E-state index contributed by atoms with van der Waals surface area (Å²) >= 11 is 0. The molecule has 0 unspecified atom stereocenters. The fraction of sp³-hybridized carbons (Fsp3) is 0.160. The largest absolute Gasteiger partial charge is 0.497 e. The Morgan fingerprint density at radius 1 is 1.09 bits per heavy atom. The molecule has 1 aromatic heterocycles. The molecule has 1 heterocycles. The maximum atomic E-state index is 15.0. The summed E-state index contributed by atoms with van der Waals surface area (Å²) < 4.78 is 31.8. The summed E-state index contributed by atoms with van der Waals surface area (Å²) in [6, 6.07) is 15.6. The van der Waals surface area contributed by atoms with Crippen LogP contribution in [0.25, 0.3) is 22.1 Å². The van der Waals surface area contributed by atoms with Crippen LogP contribution in [0.1, 0.15) is 16.7 Å². The van der Waals surface area contributed by atoms with Crippen LogP contribution in [0.2, 0.25) is 0 Å². The van der Waals surface area contributed by atoms with Crippen LogP contribution in [0.5, 0.6) is 11.5 Å². The highest BCUT2D eigenvalue weighted by Gasteiger charge is 2.16. The van der Waals surface area contributed by atoms with E-state index in [4.69, 9.17) is 19.6 Å². The monoisotopic (exact) mass is 435 g/mol. The standard InChI is InChI=1S/C25H22FNO5/c1-30-19-6-5-16(11-23(28)29)22(12-19)32-14-15-9-17-7-8-31-25(17)21(10-15)20-4-2-3-18(13-27)24(20)26/h2-10,12H,11,13-14,27H2,1H3,(H,28,29). The first-order valence-electron chi connectivity index (χ1n) is 9.99. The molecule has 0 aliphatic carbocycles. The lowest BCUT2D eigenvalue weighted by Gasteiger charge is -2.14. The minimum Gasteiger partial charge on any atom is -0.497 e. The van der Waals surface area contributed by atoms with Crippen molar-refractivity contribution < 1.29 is 28.2 Å². The van der Waals surface area contributed by atoms with Gasteiger partial charge >= 0.3 is 5.97 Å². The van der Waals surface area contributed by atoms with E-state index in [1.165, 1.54) is 7.11 Å². The number of ether oxygens (including phenoxy) is 2. The molecule has 32 heavy (non-hydrogen) atoms. The van der Waals surface area contributed by atoms with Crippen LogP contribution in [0, 0.1) is 5.82 Å². The topological polar surface area (TPSA) is 94.9 Å². The summed E-state index contributed by atoms with van der Waals surface area (Å²) in [5.74, 6) is -0.377. The smallest absolute Gasteiger partial charge is 0.307 e. The Bertz CT molecular complexity index is 1280. The van der Waals surface area contributed by atoms with Crippen molar-refractivity contribution in [1.82, 2.24) is 0 Å². The molecule has 0 aliphatic rings. The van der Waals surface area contributed by atoms with Gasteiger partial charge in [-0.05, 0) is 29.8 Å². The van der Waals surface area contributed by atoms with Crippen LogP contribution >= 0.6 is 0 Å². The molecule has 6 nitrogen and oxygen atoms in total. The first-order chi connectivity index (χ1) is 15.5. The van der Waals surface area contributed by atoms with E-state index in [9.17, 15) is 9.90 Å². The molecule has 0 radical (unpaired) electrons. The van der Waals surface area contributed by atoms with Crippen molar-refractivity contribution in [2.75, 3.05) is 7.11 Å². The van der Waals surface area contributed by atoms with E-state index in [1.807, 2.05) is 12.1 Å². The third-order valence-electron chi connectivity index (χ3n) is 5.21. The lowest BCUT2D eigenvalue weighted by atomic mass is 9.98.